The molecule has 0 aliphatic rings. The molecular formula is C15H17N5O. The maximum absolute atomic E-state index is 10.5. The molecule has 0 saturated heterocycles. The molecule has 1 unspecified atom stereocenters. The van der Waals surface area contributed by atoms with Gasteiger partial charge in [-0.25, -0.2) is 15.0 Å². The van der Waals surface area contributed by atoms with Crippen molar-refractivity contribution in [2.24, 2.45) is 0 Å². The van der Waals surface area contributed by atoms with Gasteiger partial charge in [0.05, 0.1) is 11.9 Å². The van der Waals surface area contributed by atoms with Gasteiger partial charge in [-0.2, -0.15) is 0 Å². The third-order valence-corrected chi connectivity index (χ3v) is 3.52. The van der Waals surface area contributed by atoms with E-state index in [0.717, 1.165) is 11.1 Å². The minimum atomic E-state index is -0.881. The van der Waals surface area contributed by atoms with E-state index < -0.39 is 5.60 Å². The average Bonchev–Trinajstić information content (AvgIpc) is 2.97. The van der Waals surface area contributed by atoms with Crippen molar-refractivity contribution in [1.29, 1.82) is 0 Å². The summed E-state index contributed by atoms with van der Waals surface area (Å²) in [6.45, 7) is 2.41. The van der Waals surface area contributed by atoms with E-state index in [1.165, 1.54) is 6.33 Å². The second-order valence-corrected chi connectivity index (χ2v) is 5.14. The molecule has 6 heteroatoms. The summed E-state index contributed by atoms with van der Waals surface area (Å²) in [5.74, 6) is 0.696. The van der Waals surface area contributed by atoms with Crippen LogP contribution < -0.4 is 5.32 Å². The molecular weight excluding hydrogens is 266 g/mol. The van der Waals surface area contributed by atoms with Crippen LogP contribution in [0, 0.1) is 0 Å². The molecule has 0 spiro atoms. The molecule has 0 aliphatic heterocycles. The van der Waals surface area contributed by atoms with Gasteiger partial charge >= 0.3 is 0 Å². The number of benzene rings is 1. The number of imidazole rings is 1. The van der Waals surface area contributed by atoms with Crippen LogP contribution >= 0.6 is 0 Å². The average molecular weight is 283 g/mol. The zero-order valence-electron chi connectivity index (χ0n) is 11.7. The minimum absolute atomic E-state index is 0.566. The number of aromatic amines is 1. The van der Waals surface area contributed by atoms with E-state index >= 15 is 0 Å². The van der Waals surface area contributed by atoms with Crippen LogP contribution in [0.4, 0.5) is 5.82 Å². The highest BCUT2D eigenvalue weighted by Crippen LogP contribution is 2.24. The Morgan fingerprint density at radius 3 is 2.81 bits per heavy atom. The van der Waals surface area contributed by atoms with Crippen molar-refractivity contribution in [3.05, 3.63) is 48.5 Å². The number of H-pyrrole nitrogens is 1. The minimum Gasteiger partial charge on any atom is -0.385 e. The summed E-state index contributed by atoms with van der Waals surface area (Å²) in [5.41, 5.74) is 1.43. The summed E-state index contributed by atoms with van der Waals surface area (Å²) < 4.78 is 0. The fraction of sp³-hybridized carbons (Fsp3) is 0.267. The Balaban J connectivity index is 1.67. The number of aliphatic hydroxyl groups is 1. The van der Waals surface area contributed by atoms with Gasteiger partial charge in [0.1, 0.15) is 11.8 Å². The number of hydrogen-bond donors (Lipinski definition) is 3. The number of rotatable bonds is 5. The molecule has 2 aromatic heterocycles. The quantitative estimate of drug-likeness (QED) is 0.667. The Labute approximate surface area is 122 Å². The van der Waals surface area contributed by atoms with Crippen molar-refractivity contribution < 1.29 is 5.11 Å². The Kier molecular flexibility index (Phi) is 3.53. The normalized spacial score (nSPS) is 14.0. The third-order valence-electron chi connectivity index (χ3n) is 3.52. The van der Waals surface area contributed by atoms with Crippen molar-refractivity contribution in [3.8, 4) is 0 Å². The van der Waals surface area contributed by atoms with Crippen LogP contribution in [-0.2, 0) is 5.60 Å². The Bertz CT molecular complexity index is 723. The van der Waals surface area contributed by atoms with Crippen LogP contribution in [-0.4, -0.2) is 31.6 Å². The summed E-state index contributed by atoms with van der Waals surface area (Å²) in [6.07, 6.45) is 3.63. The van der Waals surface area contributed by atoms with Gasteiger partial charge in [0.2, 0.25) is 0 Å². The van der Waals surface area contributed by atoms with E-state index in [1.54, 1.807) is 6.33 Å². The Hall–Kier alpha value is -2.47. The first-order chi connectivity index (χ1) is 10.2. The number of fused-ring (bicyclic) bond motifs is 1. The predicted octanol–water partition coefficient (Wildman–Crippen LogP) is 2.06. The molecule has 3 aromatic rings. The van der Waals surface area contributed by atoms with Gasteiger partial charge in [-0.1, -0.05) is 30.3 Å². The maximum atomic E-state index is 10.5. The molecule has 0 fully saturated rings. The number of aromatic nitrogens is 4. The second-order valence-electron chi connectivity index (χ2n) is 5.14. The molecule has 0 bridgehead atoms. The molecule has 6 nitrogen and oxygen atoms in total. The summed E-state index contributed by atoms with van der Waals surface area (Å²) in [6, 6.07) is 9.65. The smallest absolute Gasteiger partial charge is 0.182 e. The first kappa shape index (κ1) is 13.5. The first-order valence-electron chi connectivity index (χ1n) is 6.83. The van der Waals surface area contributed by atoms with Gasteiger partial charge < -0.3 is 15.4 Å². The van der Waals surface area contributed by atoms with E-state index in [4.69, 9.17) is 0 Å². The molecule has 0 radical (unpaired) electrons. The van der Waals surface area contributed by atoms with Crippen LogP contribution in [0.1, 0.15) is 18.9 Å². The van der Waals surface area contributed by atoms with E-state index in [1.807, 2.05) is 37.3 Å². The number of nitrogens with zero attached hydrogens (tertiary/aromatic N) is 3. The molecule has 3 rings (SSSR count). The van der Waals surface area contributed by atoms with Crippen LogP contribution in [0.15, 0.2) is 43.0 Å². The molecule has 108 valence electrons. The molecule has 0 aliphatic carbocycles. The highest BCUT2D eigenvalue weighted by atomic mass is 16.3. The van der Waals surface area contributed by atoms with E-state index in [2.05, 4.69) is 25.3 Å². The summed E-state index contributed by atoms with van der Waals surface area (Å²) >= 11 is 0. The second kappa shape index (κ2) is 5.49. The van der Waals surface area contributed by atoms with Crippen LogP contribution in [0.2, 0.25) is 0 Å². The number of anilines is 1. The molecule has 1 aromatic carbocycles. The lowest BCUT2D eigenvalue weighted by Crippen LogP contribution is -2.24. The van der Waals surface area contributed by atoms with Crippen molar-refractivity contribution in [2.75, 3.05) is 11.9 Å². The van der Waals surface area contributed by atoms with Gasteiger partial charge in [-0.15, -0.1) is 0 Å². The van der Waals surface area contributed by atoms with Gasteiger partial charge in [0.15, 0.2) is 11.5 Å². The van der Waals surface area contributed by atoms with Crippen molar-refractivity contribution in [1.82, 2.24) is 19.9 Å². The van der Waals surface area contributed by atoms with E-state index in [-0.39, 0.29) is 0 Å². The van der Waals surface area contributed by atoms with Gasteiger partial charge in [0.25, 0.3) is 0 Å². The van der Waals surface area contributed by atoms with Crippen molar-refractivity contribution in [2.45, 2.75) is 18.9 Å². The topological polar surface area (TPSA) is 86.7 Å². The Morgan fingerprint density at radius 2 is 2.00 bits per heavy atom. The molecule has 21 heavy (non-hydrogen) atoms. The highest BCUT2D eigenvalue weighted by Gasteiger charge is 2.22. The predicted molar refractivity (Wildman–Crippen MR) is 80.8 cm³/mol. The number of nitrogens with one attached hydrogen (secondary N) is 2. The van der Waals surface area contributed by atoms with Crippen LogP contribution in [0.25, 0.3) is 11.2 Å². The highest BCUT2D eigenvalue weighted by molar-refractivity contribution is 5.81. The van der Waals surface area contributed by atoms with Crippen molar-refractivity contribution in [3.63, 3.8) is 0 Å². The summed E-state index contributed by atoms with van der Waals surface area (Å²) in [5, 5.41) is 13.8. The van der Waals surface area contributed by atoms with Crippen molar-refractivity contribution >= 4 is 17.0 Å². The van der Waals surface area contributed by atoms with Crippen LogP contribution in [0.3, 0.4) is 0 Å². The Morgan fingerprint density at radius 1 is 1.19 bits per heavy atom. The molecule has 0 saturated carbocycles. The first-order valence-corrected chi connectivity index (χ1v) is 6.83. The zero-order chi connectivity index (χ0) is 14.7. The van der Waals surface area contributed by atoms with E-state index in [9.17, 15) is 5.11 Å². The lowest BCUT2D eigenvalue weighted by molar-refractivity contribution is 0.0515. The summed E-state index contributed by atoms with van der Waals surface area (Å²) in [4.78, 5) is 15.4. The van der Waals surface area contributed by atoms with Gasteiger partial charge in [-0.3, -0.25) is 0 Å². The lowest BCUT2D eigenvalue weighted by atomic mass is 9.93. The van der Waals surface area contributed by atoms with Gasteiger partial charge in [-0.05, 0) is 18.9 Å². The lowest BCUT2D eigenvalue weighted by Gasteiger charge is -2.24. The number of hydrogen-bond acceptors (Lipinski definition) is 5. The zero-order valence-corrected chi connectivity index (χ0v) is 11.7. The fourth-order valence-corrected chi connectivity index (χ4v) is 2.26. The monoisotopic (exact) mass is 283 g/mol. The third kappa shape index (κ3) is 2.85. The molecule has 2 heterocycles. The molecule has 0 amide bonds. The SMILES string of the molecule is CC(O)(CCNc1ncnc2nc[nH]c12)c1ccccc1. The standard InChI is InChI=1S/C15H17N5O/c1-15(21,11-5-3-2-4-6-11)7-8-16-13-12-14(18-9-17-12)20-10-19-13/h2-6,9-10,21H,7-8H2,1H3,(H2,16,17,18,19,20). The fourth-order valence-electron chi connectivity index (χ4n) is 2.26. The maximum Gasteiger partial charge on any atom is 0.182 e. The van der Waals surface area contributed by atoms with E-state index in [0.29, 0.717) is 24.4 Å². The summed E-state index contributed by atoms with van der Waals surface area (Å²) in [7, 11) is 0. The molecule has 1 atom stereocenters. The van der Waals surface area contributed by atoms with Crippen LogP contribution in [0.5, 0.6) is 0 Å². The van der Waals surface area contributed by atoms with Gasteiger partial charge in [0, 0.05) is 6.54 Å². The largest absolute Gasteiger partial charge is 0.385 e. The molecule has 3 N–H and O–H groups in total.